The molecule has 104 valence electrons. The molecule has 6 nitrogen and oxygen atoms in total. The largest absolute Gasteiger partial charge is 0.477 e. The molecule has 4 N–H and O–H groups in total. The number of nitrogen functional groups attached to an aromatic ring is 1. The Morgan fingerprint density at radius 3 is 2.86 bits per heavy atom. The zero-order valence-electron chi connectivity index (χ0n) is 10.9. The Morgan fingerprint density at radius 1 is 1.19 bits per heavy atom. The molecule has 0 atom stereocenters. The summed E-state index contributed by atoms with van der Waals surface area (Å²) in [6.07, 6.45) is 3.45. The van der Waals surface area contributed by atoms with Crippen molar-refractivity contribution in [3.8, 4) is 0 Å². The zero-order chi connectivity index (χ0) is 14.8. The number of hydrogen-bond acceptors (Lipinski definition) is 5. The van der Waals surface area contributed by atoms with Crippen molar-refractivity contribution >= 4 is 33.9 Å². The van der Waals surface area contributed by atoms with Crippen molar-refractivity contribution in [3.63, 3.8) is 0 Å². The molecule has 21 heavy (non-hydrogen) atoms. The van der Waals surface area contributed by atoms with Crippen LogP contribution in [0.4, 0.5) is 17.2 Å². The molecule has 0 amide bonds. The maximum absolute atomic E-state index is 11.0. The van der Waals surface area contributed by atoms with E-state index in [9.17, 15) is 4.79 Å². The van der Waals surface area contributed by atoms with Gasteiger partial charge in [-0.2, -0.15) is 0 Å². The first-order chi connectivity index (χ1) is 10.1. The second-order valence-electron chi connectivity index (χ2n) is 4.47. The van der Waals surface area contributed by atoms with E-state index in [1.54, 1.807) is 12.4 Å². The number of nitrogens with two attached hydrogens (primary N) is 1. The van der Waals surface area contributed by atoms with E-state index in [0.29, 0.717) is 11.5 Å². The third kappa shape index (κ3) is 2.46. The average Bonchev–Trinajstić information content (AvgIpc) is 2.49. The monoisotopic (exact) mass is 280 g/mol. The van der Waals surface area contributed by atoms with Crippen LogP contribution in [0.25, 0.3) is 10.8 Å². The van der Waals surface area contributed by atoms with E-state index in [-0.39, 0.29) is 5.69 Å². The fourth-order valence-corrected chi connectivity index (χ4v) is 2.05. The summed E-state index contributed by atoms with van der Waals surface area (Å²) in [5.74, 6) is -0.778. The summed E-state index contributed by atoms with van der Waals surface area (Å²) in [7, 11) is 0. The van der Waals surface area contributed by atoms with Crippen LogP contribution < -0.4 is 11.1 Å². The fourth-order valence-electron chi connectivity index (χ4n) is 2.05. The van der Waals surface area contributed by atoms with E-state index in [1.165, 1.54) is 12.1 Å². The van der Waals surface area contributed by atoms with Crippen LogP contribution >= 0.6 is 0 Å². The number of fused-ring (bicyclic) bond motifs is 1. The Kier molecular flexibility index (Phi) is 3.12. The Morgan fingerprint density at radius 2 is 2.05 bits per heavy atom. The normalized spacial score (nSPS) is 10.5. The number of nitrogens with zero attached hydrogens (tertiary/aromatic N) is 2. The molecule has 0 unspecified atom stereocenters. The summed E-state index contributed by atoms with van der Waals surface area (Å²) >= 11 is 0. The van der Waals surface area contributed by atoms with E-state index in [4.69, 9.17) is 10.8 Å². The molecule has 0 bridgehead atoms. The van der Waals surface area contributed by atoms with Gasteiger partial charge in [-0.05, 0) is 24.3 Å². The highest BCUT2D eigenvalue weighted by Crippen LogP contribution is 2.27. The van der Waals surface area contributed by atoms with Gasteiger partial charge < -0.3 is 16.2 Å². The van der Waals surface area contributed by atoms with Gasteiger partial charge in [0.2, 0.25) is 0 Å². The van der Waals surface area contributed by atoms with Gasteiger partial charge in [0.15, 0.2) is 11.5 Å². The van der Waals surface area contributed by atoms with Gasteiger partial charge in [0, 0.05) is 28.9 Å². The Labute approximate surface area is 120 Å². The average molecular weight is 280 g/mol. The molecule has 2 heterocycles. The number of aromatic carboxylic acids is 1. The number of pyridine rings is 2. The zero-order valence-corrected chi connectivity index (χ0v) is 10.9. The van der Waals surface area contributed by atoms with Crippen LogP contribution in [-0.4, -0.2) is 21.0 Å². The molecule has 0 aliphatic rings. The molecular formula is C15H12N4O2. The highest BCUT2D eigenvalue weighted by molar-refractivity contribution is 5.95. The van der Waals surface area contributed by atoms with Crippen LogP contribution in [0.2, 0.25) is 0 Å². The summed E-state index contributed by atoms with van der Waals surface area (Å²) < 4.78 is 0. The van der Waals surface area contributed by atoms with Gasteiger partial charge in [-0.1, -0.05) is 12.1 Å². The molecule has 2 aromatic heterocycles. The van der Waals surface area contributed by atoms with Crippen molar-refractivity contribution in [1.82, 2.24) is 9.97 Å². The van der Waals surface area contributed by atoms with Crippen molar-refractivity contribution in [2.45, 2.75) is 0 Å². The van der Waals surface area contributed by atoms with Crippen molar-refractivity contribution in [3.05, 3.63) is 54.5 Å². The van der Waals surface area contributed by atoms with Gasteiger partial charge in [0.1, 0.15) is 0 Å². The van der Waals surface area contributed by atoms with Gasteiger partial charge >= 0.3 is 5.97 Å². The second-order valence-corrected chi connectivity index (χ2v) is 4.47. The maximum atomic E-state index is 11.0. The van der Waals surface area contributed by atoms with Crippen LogP contribution in [-0.2, 0) is 0 Å². The van der Waals surface area contributed by atoms with Crippen LogP contribution in [0.3, 0.4) is 0 Å². The first-order valence-electron chi connectivity index (χ1n) is 6.25. The number of carboxylic acid groups (broad SMARTS) is 1. The van der Waals surface area contributed by atoms with E-state index in [0.717, 1.165) is 16.5 Å². The lowest BCUT2D eigenvalue weighted by Crippen LogP contribution is -2.06. The molecule has 6 heteroatoms. The minimum absolute atomic E-state index is 0.0615. The predicted molar refractivity (Wildman–Crippen MR) is 80.6 cm³/mol. The second kappa shape index (κ2) is 5.09. The number of carbonyl (C=O) groups is 1. The third-order valence-electron chi connectivity index (χ3n) is 3.08. The van der Waals surface area contributed by atoms with Crippen molar-refractivity contribution in [1.29, 1.82) is 0 Å². The summed E-state index contributed by atoms with van der Waals surface area (Å²) in [5, 5.41) is 14.0. The number of nitrogens with one attached hydrogen (secondary N) is 1. The highest BCUT2D eigenvalue weighted by atomic mass is 16.4. The fraction of sp³-hybridized carbons (Fsp3) is 0. The van der Waals surface area contributed by atoms with Crippen molar-refractivity contribution < 1.29 is 9.90 Å². The van der Waals surface area contributed by atoms with E-state index in [2.05, 4.69) is 15.3 Å². The molecule has 0 aliphatic heterocycles. The van der Waals surface area contributed by atoms with Crippen LogP contribution in [0.5, 0.6) is 0 Å². The van der Waals surface area contributed by atoms with Crippen molar-refractivity contribution in [2.75, 3.05) is 11.1 Å². The number of benzene rings is 1. The quantitative estimate of drug-likeness (QED) is 0.681. The summed E-state index contributed by atoms with van der Waals surface area (Å²) in [4.78, 5) is 19.1. The van der Waals surface area contributed by atoms with Gasteiger partial charge in [-0.15, -0.1) is 0 Å². The SMILES string of the molecule is Nc1ccc(C(=O)O)nc1Nc1cccc2cnccc12. The molecule has 0 radical (unpaired) electrons. The van der Waals surface area contributed by atoms with E-state index in [1.807, 2.05) is 24.3 Å². The maximum Gasteiger partial charge on any atom is 0.354 e. The van der Waals surface area contributed by atoms with Gasteiger partial charge in [0.25, 0.3) is 0 Å². The first kappa shape index (κ1) is 12.9. The van der Waals surface area contributed by atoms with Crippen LogP contribution in [0.1, 0.15) is 10.5 Å². The van der Waals surface area contributed by atoms with Crippen molar-refractivity contribution in [2.24, 2.45) is 0 Å². The summed E-state index contributed by atoms with van der Waals surface area (Å²) in [5.41, 5.74) is 6.96. The molecule has 3 rings (SSSR count). The molecule has 0 fully saturated rings. The lowest BCUT2D eigenvalue weighted by molar-refractivity contribution is 0.0690. The minimum Gasteiger partial charge on any atom is -0.477 e. The lowest BCUT2D eigenvalue weighted by Gasteiger charge is -2.11. The summed E-state index contributed by atoms with van der Waals surface area (Å²) in [6.45, 7) is 0. The van der Waals surface area contributed by atoms with Gasteiger partial charge in [-0.3, -0.25) is 4.98 Å². The number of rotatable bonds is 3. The standard InChI is InChI=1S/C15H12N4O2/c16-11-4-5-13(15(20)21)19-14(11)18-12-3-1-2-9-8-17-7-6-10(9)12/h1-8H,16H2,(H,18,19)(H,20,21). The van der Waals surface area contributed by atoms with E-state index < -0.39 is 5.97 Å². The van der Waals surface area contributed by atoms with Crippen LogP contribution in [0, 0.1) is 0 Å². The molecule has 1 aromatic carbocycles. The third-order valence-corrected chi connectivity index (χ3v) is 3.08. The number of anilines is 3. The molecule has 3 aromatic rings. The topological polar surface area (TPSA) is 101 Å². The predicted octanol–water partition coefficient (Wildman–Crippen LogP) is 2.65. The lowest BCUT2D eigenvalue weighted by atomic mass is 10.1. The molecule has 0 aliphatic carbocycles. The first-order valence-corrected chi connectivity index (χ1v) is 6.25. The Bertz CT molecular complexity index is 828. The Balaban J connectivity index is 2.06. The Hall–Kier alpha value is -3.15. The van der Waals surface area contributed by atoms with E-state index >= 15 is 0 Å². The number of hydrogen-bond donors (Lipinski definition) is 3. The number of carboxylic acids is 1. The van der Waals surface area contributed by atoms with Gasteiger partial charge in [0.05, 0.1) is 5.69 Å². The molecular weight excluding hydrogens is 268 g/mol. The smallest absolute Gasteiger partial charge is 0.354 e. The molecule has 0 saturated carbocycles. The number of aromatic nitrogens is 2. The highest BCUT2D eigenvalue weighted by Gasteiger charge is 2.10. The molecule has 0 spiro atoms. The molecule has 0 saturated heterocycles. The van der Waals surface area contributed by atoms with Crippen LogP contribution in [0.15, 0.2) is 48.8 Å². The van der Waals surface area contributed by atoms with Gasteiger partial charge in [-0.25, -0.2) is 9.78 Å². The summed E-state index contributed by atoms with van der Waals surface area (Å²) in [6, 6.07) is 10.5. The minimum atomic E-state index is -1.10.